The minimum absolute atomic E-state index is 0.104. The third kappa shape index (κ3) is 53.2. The van der Waals surface area contributed by atoms with Gasteiger partial charge in [-0.25, -0.2) is 0 Å². The molecule has 0 aliphatic rings. The zero-order chi connectivity index (χ0) is 48.6. The Balaban J connectivity index is 4.50. The summed E-state index contributed by atoms with van der Waals surface area (Å²) in [5, 5.41) is 0. The van der Waals surface area contributed by atoms with Gasteiger partial charge in [0.2, 0.25) is 0 Å². The van der Waals surface area contributed by atoms with Gasteiger partial charge >= 0.3 is 17.9 Å². The second-order valence-electron chi connectivity index (χ2n) is 18.1. The molecule has 0 fully saturated rings. The maximum absolute atomic E-state index is 12.8. The van der Waals surface area contributed by atoms with Crippen molar-refractivity contribution in [1.82, 2.24) is 0 Å². The molecule has 0 unspecified atom stereocenters. The smallest absolute Gasteiger partial charge is 0.306 e. The summed E-state index contributed by atoms with van der Waals surface area (Å²) < 4.78 is 16.8. The number of carbonyl (C=O) groups is 3. The topological polar surface area (TPSA) is 78.9 Å². The van der Waals surface area contributed by atoms with E-state index in [9.17, 15) is 14.4 Å². The molecule has 0 rings (SSSR count). The van der Waals surface area contributed by atoms with E-state index in [-0.39, 0.29) is 37.5 Å². The van der Waals surface area contributed by atoms with Crippen molar-refractivity contribution >= 4 is 17.9 Å². The Bertz CT molecular complexity index is 1350. The summed E-state index contributed by atoms with van der Waals surface area (Å²) in [6, 6.07) is 0. The van der Waals surface area contributed by atoms with Crippen molar-refractivity contribution in [3.8, 4) is 0 Å². The van der Waals surface area contributed by atoms with Crippen LogP contribution in [0.1, 0.15) is 252 Å². The quantitative estimate of drug-likeness (QED) is 0.0262. The van der Waals surface area contributed by atoms with Crippen molar-refractivity contribution in [2.75, 3.05) is 13.2 Å². The first-order chi connectivity index (χ1) is 33.0. The largest absolute Gasteiger partial charge is 0.462 e. The first-order valence-corrected chi connectivity index (χ1v) is 27.7. The molecule has 382 valence electrons. The average Bonchev–Trinajstić information content (AvgIpc) is 3.33. The van der Waals surface area contributed by atoms with Crippen LogP contribution in [0.2, 0.25) is 0 Å². The number of carbonyl (C=O) groups excluding carboxylic acids is 3. The van der Waals surface area contributed by atoms with Crippen molar-refractivity contribution < 1.29 is 28.6 Å². The fourth-order valence-corrected chi connectivity index (χ4v) is 7.42. The highest BCUT2D eigenvalue weighted by Gasteiger charge is 2.19. The Kier molecular flexibility index (Phi) is 51.9. The lowest BCUT2D eigenvalue weighted by Gasteiger charge is -2.18. The second-order valence-corrected chi connectivity index (χ2v) is 18.1. The van der Waals surface area contributed by atoms with Crippen molar-refractivity contribution in [2.45, 2.75) is 258 Å². The molecule has 0 radical (unpaired) electrons. The number of hydrogen-bond donors (Lipinski definition) is 0. The second kappa shape index (κ2) is 54.9. The van der Waals surface area contributed by atoms with Gasteiger partial charge in [0.15, 0.2) is 6.10 Å². The SMILES string of the molecule is CC/C=C\C/C=C\C/C=C\C/C=C\CCCCC(=O)O[C@H](COC(=O)CCCCC/C=C\C/C=C\C/C=C\C/C=C\CCCCC)COC(=O)CCCCCCCCCCCCCCCCC. The molecule has 1 atom stereocenters. The summed E-state index contributed by atoms with van der Waals surface area (Å²) >= 11 is 0. The molecule has 0 aromatic carbocycles. The van der Waals surface area contributed by atoms with Crippen LogP contribution < -0.4 is 0 Å². The molecule has 0 saturated heterocycles. The lowest BCUT2D eigenvalue weighted by molar-refractivity contribution is -0.167. The summed E-state index contributed by atoms with van der Waals surface area (Å²) in [5.74, 6) is -0.975. The molecule has 6 nitrogen and oxygen atoms in total. The van der Waals surface area contributed by atoms with Crippen LogP contribution in [0.25, 0.3) is 0 Å². The summed E-state index contributed by atoms with van der Waals surface area (Å²) in [6.45, 7) is 6.44. The molecule has 6 heteroatoms. The van der Waals surface area contributed by atoms with Crippen molar-refractivity contribution in [2.24, 2.45) is 0 Å². The van der Waals surface area contributed by atoms with Gasteiger partial charge in [-0.1, -0.05) is 227 Å². The summed E-state index contributed by atoms with van der Waals surface area (Å²) in [7, 11) is 0. The molecule has 0 amide bonds. The molecule has 0 saturated carbocycles. The number of unbranched alkanes of at least 4 members (excludes halogenated alkanes) is 22. The molecule has 0 heterocycles. The van der Waals surface area contributed by atoms with Gasteiger partial charge < -0.3 is 14.2 Å². The number of ether oxygens (including phenoxy) is 3. The molecule has 0 aromatic heterocycles. The van der Waals surface area contributed by atoms with E-state index in [2.05, 4.69) is 118 Å². The summed E-state index contributed by atoms with van der Waals surface area (Å²) in [4.78, 5) is 38.1. The third-order valence-corrected chi connectivity index (χ3v) is 11.6. The van der Waals surface area contributed by atoms with Crippen LogP contribution >= 0.6 is 0 Å². The Morgan fingerprint density at radius 2 is 0.582 bits per heavy atom. The number of rotatable bonds is 49. The van der Waals surface area contributed by atoms with Gasteiger partial charge in [-0.05, 0) is 103 Å². The molecule has 0 N–H and O–H groups in total. The lowest BCUT2D eigenvalue weighted by atomic mass is 10.0. The van der Waals surface area contributed by atoms with Crippen LogP contribution in [0.4, 0.5) is 0 Å². The minimum Gasteiger partial charge on any atom is -0.462 e. The Morgan fingerprint density at radius 1 is 0.313 bits per heavy atom. The van der Waals surface area contributed by atoms with Gasteiger partial charge in [0.05, 0.1) is 0 Å². The van der Waals surface area contributed by atoms with E-state index in [1.54, 1.807) is 0 Å². The Morgan fingerprint density at radius 3 is 0.970 bits per heavy atom. The highest BCUT2D eigenvalue weighted by Crippen LogP contribution is 2.15. The van der Waals surface area contributed by atoms with Crippen LogP contribution in [-0.4, -0.2) is 37.2 Å². The maximum atomic E-state index is 12.8. The van der Waals surface area contributed by atoms with E-state index < -0.39 is 6.10 Å². The fraction of sp³-hybridized carbons (Fsp3) is 0.689. The summed E-state index contributed by atoms with van der Waals surface area (Å²) in [6.07, 6.45) is 72.5. The van der Waals surface area contributed by atoms with Crippen LogP contribution in [0, 0.1) is 0 Å². The van der Waals surface area contributed by atoms with Gasteiger partial charge in [0, 0.05) is 19.3 Å². The Labute approximate surface area is 413 Å². The van der Waals surface area contributed by atoms with Gasteiger partial charge in [-0.3, -0.25) is 14.4 Å². The van der Waals surface area contributed by atoms with Gasteiger partial charge in [0.1, 0.15) is 13.2 Å². The third-order valence-electron chi connectivity index (χ3n) is 11.6. The minimum atomic E-state index is -0.812. The van der Waals surface area contributed by atoms with E-state index >= 15 is 0 Å². The van der Waals surface area contributed by atoms with Gasteiger partial charge in [-0.2, -0.15) is 0 Å². The normalized spacial score (nSPS) is 12.8. The maximum Gasteiger partial charge on any atom is 0.306 e. The summed E-state index contributed by atoms with van der Waals surface area (Å²) in [5.41, 5.74) is 0. The van der Waals surface area contributed by atoms with Crippen LogP contribution in [-0.2, 0) is 28.6 Å². The van der Waals surface area contributed by atoms with Gasteiger partial charge in [0.25, 0.3) is 0 Å². The molecule has 0 spiro atoms. The fourth-order valence-electron chi connectivity index (χ4n) is 7.42. The van der Waals surface area contributed by atoms with E-state index in [0.29, 0.717) is 19.3 Å². The molecule has 0 aliphatic heterocycles. The highest BCUT2D eigenvalue weighted by molar-refractivity contribution is 5.71. The van der Waals surface area contributed by atoms with E-state index in [1.807, 2.05) is 0 Å². The number of hydrogen-bond acceptors (Lipinski definition) is 6. The van der Waals surface area contributed by atoms with Crippen LogP contribution in [0.3, 0.4) is 0 Å². The number of esters is 3. The standard InChI is InChI=1S/C61H102O6/c1-4-7-10-13-16-19-22-25-28-29-30-31-34-36-39-42-45-48-51-54-60(63)66-57-58(67-61(64)55-52-49-46-43-40-37-33-27-24-21-18-15-12-9-6-3)56-65-59(62)53-50-47-44-41-38-35-32-26-23-20-17-14-11-8-5-2/h9,12,16,18-19,21,25,27-28,30-31,33,36,39-40,43,58H,4-8,10-11,13-15,17,20,22-24,26,29,32,34-35,37-38,41-42,44-57H2,1-3H3/b12-9-,19-16-,21-18-,28-25-,31-30-,33-27-,39-36-,43-40-/t58-/m0/s1. The van der Waals surface area contributed by atoms with Gasteiger partial charge in [-0.15, -0.1) is 0 Å². The predicted molar refractivity (Wildman–Crippen MR) is 288 cm³/mol. The molecular weight excluding hydrogens is 829 g/mol. The average molecular weight is 931 g/mol. The first-order valence-electron chi connectivity index (χ1n) is 27.7. The lowest BCUT2D eigenvalue weighted by Crippen LogP contribution is -2.30. The zero-order valence-corrected chi connectivity index (χ0v) is 43.6. The Hall–Kier alpha value is -3.67. The van der Waals surface area contributed by atoms with Crippen LogP contribution in [0.5, 0.6) is 0 Å². The van der Waals surface area contributed by atoms with Crippen molar-refractivity contribution in [1.29, 1.82) is 0 Å². The number of allylic oxidation sites excluding steroid dienone is 16. The molecule has 0 bridgehead atoms. The highest BCUT2D eigenvalue weighted by atomic mass is 16.6. The van der Waals surface area contributed by atoms with E-state index in [0.717, 1.165) is 103 Å². The van der Waals surface area contributed by atoms with E-state index in [4.69, 9.17) is 14.2 Å². The predicted octanol–water partition coefficient (Wildman–Crippen LogP) is 18.5. The van der Waals surface area contributed by atoms with E-state index in [1.165, 1.54) is 103 Å². The molecule has 67 heavy (non-hydrogen) atoms. The van der Waals surface area contributed by atoms with Crippen molar-refractivity contribution in [3.05, 3.63) is 97.2 Å². The van der Waals surface area contributed by atoms with Crippen molar-refractivity contribution in [3.63, 3.8) is 0 Å². The van der Waals surface area contributed by atoms with Crippen LogP contribution in [0.15, 0.2) is 97.2 Å². The molecule has 0 aromatic rings. The zero-order valence-electron chi connectivity index (χ0n) is 43.6. The molecular formula is C61H102O6. The monoisotopic (exact) mass is 931 g/mol. The first kappa shape index (κ1) is 63.3. The molecule has 0 aliphatic carbocycles.